The zero-order valence-corrected chi connectivity index (χ0v) is 17.4. The summed E-state index contributed by atoms with van der Waals surface area (Å²) in [5.74, 6) is -0.849. The van der Waals surface area contributed by atoms with Crippen molar-refractivity contribution in [2.24, 2.45) is 0 Å². The van der Waals surface area contributed by atoms with Crippen molar-refractivity contribution in [2.75, 3.05) is 12.0 Å². The topological polar surface area (TPSA) is 95.9 Å². The molecule has 0 aromatic heterocycles. The smallest absolute Gasteiger partial charge is 0.335 e. The summed E-state index contributed by atoms with van der Waals surface area (Å²) in [6.45, 7) is 0. The Balaban J connectivity index is 1.60. The molecule has 0 aliphatic carbocycles. The van der Waals surface area contributed by atoms with Gasteiger partial charge in [0.1, 0.15) is 11.8 Å². The minimum absolute atomic E-state index is 0.153. The van der Waals surface area contributed by atoms with Gasteiger partial charge in [0.05, 0.1) is 25.1 Å². The molecule has 0 bridgehead atoms. The quantitative estimate of drug-likeness (QED) is 0.561. The zero-order chi connectivity index (χ0) is 22.7. The summed E-state index contributed by atoms with van der Waals surface area (Å²) in [5.41, 5.74) is 2.40. The number of nitrogens with zero attached hydrogens (tertiary/aromatic N) is 1. The van der Waals surface area contributed by atoms with E-state index in [1.54, 1.807) is 48.4 Å². The van der Waals surface area contributed by atoms with Crippen molar-refractivity contribution >= 4 is 23.5 Å². The Kier molecular flexibility index (Phi) is 5.89. The summed E-state index contributed by atoms with van der Waals surface area (Å²) in [4.78, 5) is 38.5. The Labute approximate surface area is 185 Å². The summed E-state index contributed by atoms with van der Waals surface area (Å²) in [7, 11) is 1.56. The highest BCUT2D eigenvalue weighted by atomic mass is 16.5. The number of carbonyl (C=O) groups is 3. The molecule has 0 spiro atoms. The molecule has 1 aliphatic rings. The zero-order valence-electron chi connectivity index (χ0n) is 17.4. The molecule has 3 aromatic carbocycles. The van der Waals surface area contributed by atoms with E-state index in [0.717, 1.165) is 11.1 Å². The molecular formula is C25H22N2O5. The van der Waals surface area contributed by atoms with Gasteiger partial charge < -0.3 is 20.1 Å². The van der Waals surface area contributed by atoms with Gasteiger partial charge in [-0.05, 0) is 47.5 Å². The first-order valence-electron chi connectivity index (χ1n) is 10.1. The minimum atomic E-state index is -1.03. The monoisotopic (exact) mass is 430 g/mol. The van der Waals surface area contributed by atoms with Crippen molar-refractivity contribution in [2.45, 2.75) is 18.5 Å². The average Bonchev–Trinajstić information content (AvgIpc) is 2.81. The third kappa shape index (κ3) is 4.18. The number of rotatable bonds is 7. The Bertz CT molecular complexity index is 1130. The number of carboxylic acid groups (broad SMARTS) is 1. The number of carboxylic acids is 1. The van der Waals surface area contributed by atoms with E-state index in [9.17, 15) is 19.5 Å². The van der Waals surface area contributed by atoms with Gasteiger partial charge in [-0.1, -0.05) is 42.5 Å². The number of anilines is 1. The molecule has 1 heterocycles. The van der Waals surface area contributed by atoms with E-state index < -0.39 is 18.1 Å². The highest BCUT2D eigenvalue weighted by Crippen LogP contribution is 2.39. The van der Waals surface area contributed by atoms with Crippen LogP contribution in [0.15, 0.2) is 78.9 Å². The van der Waals surface area contributed by atoms with Gasteiger partial charge in [0.15, 0.2) is 0 Å². The van der Waals surface area contributed by atoms with Gasteiger partial charge in [0.2, 0.25) is 5.91 Å². The molecule has 1 saturated heterocycles. The molecule has 7 nitrogen and oxygen atoms in total. The van der Waals surface area contributed by atoms with Crippen LogP contribution in [0.3, 0.4) is 0 Å². The van der Waals surface area contributed by atoms with E-state index in [-0.39, 0.29) is 23.8 Å². The average molecular weight is 430 g/mol. The maximum absolute atomic E-state index is 13.0. The van der Waals surface area contributed by atoms with Gasteiger partial charge >= 0.3 is 5.97 Å². The summed E-state index contributed by atoms with van der Waals surface area (Å²) < 4.78 is 5.19. The predicted octanol–water partition coefficient (Wildman–Crippen LogP) is 3.21. The van der Waals surface area contributed by atoms with E-state index in [1.807, 2.05) is 30.3 Å². The lowest BCUT2D eigenvalue weighted by atomic mass is 9.87. The molecule has 162 valence electrons. The molecule has 1 aliphatic heterocycles. The molecule has 2 N–H and O–H groups in total. The van der Waals surface area contributed by atoms with Crippen LogP contribution in [0.5, 0.6) is 5.75 Å². The number of hydrogen-bond donors (Lipinski definition) is 2. The lowest BCUT2D eigenvalue weighted by Gasteiger charge is -2.47. The molecule has 7 heteroatoms. The summed E-state index contributed by atoms with van der Waals surface area (Å²) in [5, 5.41) is 12.0. The lowest BCUT2D eigenvalue weighted by Crippen LogP contribution is -2.66. The van der Waals surface area contributed by atoms with Crippen LogP contribution in [0.2, 0.25) is 0 Å². The number of β-lactam (4-membered cyclic amide) rings is 1. The first-order valence-corrected chi connectivity index (χ1v) is 10.1. The normalized spacial score (nSPS) is 17.4. The van der Waals surface area contributed by atoms with Gasteiger partial charge in [0, 0.05) is 5.69 Å². The molecule has 3 aromatic rings. The fraction of sp³-hybridized carbons (Fsp3) is 0.160. The Hall–Kier alpha value is -4.13. The predicted molar refractivity (Wildman–Crippen MR) is 119 cm³/mol. The number of ether oxygens (including phenoxy) is 1. The van der Waals surface area contributed by atoms with Crippen molar-refractivity contribution in [3.63, 3.8) is 0 Å². The van der Waals surface area contributed by atoms with E-state index in [2.05, 4.69) is 5.32 Å². The standard InChI is InChI=1S/C25H22N2O5/c1-32-20-13-11-19(12-14-20)27-23(17-7-9-18(10-8-17)25(30)31)22(24(27)29)26-21(28)15-16-5-3-2-4-6-16/h2-14,22-23H,15H2,1H3,(H,26,28)(H,30,31)/t22-,23+/m0/s1. The number of hydrogen-bond acceptors (Lipinski definition) is 4. The number of methoxy groups -OCH3 is 1. The van der Waals surface area contributed by atoms with Gasteiger partial charge in [-0.15, -0.1) is 0 Å². The highest BCUT2D eigenvalue weighted by Gasteiger charge is 2.49. The van der Waals surface area contributed by atoms with Crippen molar-refractivity contribution < 1.29 is 24.2 Å². The molecule has 2 atom stereocenters. The van der Waals surface area contributed by atoms with Crippen LogP contribution in [0.25, 0.3) is 0 Å². The largest absolute Gasteiger partial charge is 0.497 e. The van der Waals surface area contributed by atoms with Crippen LogP contribution < -0.4 is 15.0 Å². The second kappa shape index (κ2) is 8.93. The fourth-order valence-corrected chi connectivity index (χ4v) is 3.83. The number of nitrogens with one attached hydrogen (secondary N) is 1. The van der Waals surface area contributed by atoms with Gasteiger partial charge in [-0.25, -0.2) is 4.79 Å². The minimum Gasteiger partial charge on any atom is -0.497 e. The van der Waals surface area contributed by atoms with Crippen LogP contribution in [0, 0.1) is 0 Å². The third-order valence-corrected chi connectivity index (χ3v) is 5.47. The third-order valence-electron chi connectivity index (χ3n) is 5.47. The highest BCUT2D eigenvalue weighted by molar-refractivity contribution is 6.07. The van der Waals surface area contributed by atoms with Crippen molar-refractivity contribution in [3.05, 3.63) is 95.6 Å². The van der Waals surface area contributed by atoms with Gasteiger partial charge in [0.25, 0.3) is 5.91 Å². The molecular weight excluding hydrogens is 408 g/mol. The van der Waals surface area contributed by atoms with E-state index in [4.69, 9.17) is 4.74 Å². The Morgan fingerprint density at radius 3 is 2.22 bits per heavy atom. The van der Waals surface area contributed by atoms with Crippen LogP contribution in [0.4, 0.5) is 5.69 Å². The molecule has 0 saturated carbocycles. The van der Waals surface area contributed by atoms with Crippen LogP contribution in [-0.4, -0.2) is 36.0 Å². The first-order chi connectivity index (χ1) is 15.5. The number of benzene rings is 3. The SMILES string of the molecule is COc1ccc(N2C(=O)[C@@H](NC(=O)Cc3ccccc3)[C@H]2c2ccc(C(=O)O)cc2)cc1. The van der Waals surface area contributed by atoms with Crippen molar-refractivity contribution in [3.8, 4) is 5.75 Å². The second-order valence-corrected chi connectivity index (χ2v) is 7.49. The van der Waals surface area contributed by atoms with E-state index in [1.165, 1.54) is 12.1 Å². The van der Waals surface area contributed by atoms with Crippen molar-refractivity contribution in [1.82, 2.24) is 5.32 Å². The molecule has 1 fully saturated rings. The van der Waals surface area contributed by atoms with Crippen molar-refractivity contribution in [1.29, 1.82) is 0 Å². The second-order valence-electron chi connectivity index (χ2n) is 7.49. The number of aromatic carboxylic acids is 1. The number of amides is 2. The van der Waals surface area contributed by atoms with E-state index >= 15 is 0 Å². The maximum atomic E-state index is 13.0. The van der Waals surface area contributed by atoms with Crippen LogP contribution in [-0.2, 0) is 16.0 Å². The summed E-state index contributed by atoms with van der Waals surface area (Å²) >= 11 is 0. The van der Waals surface area contributed by atoms with Gasteiger partial charge in [-0.3, -0.25) is 9.59 Å². The van der Waals surface area contributed by atoms with Gasteiger partial charge in [-0.2, -0.15) is 0 Å². The number of carbonyl (C=O) groups excluding carboxylic acids is 2. The van der Waals surface area contributed by atoms with Crippen LogP contribution >= 0.6 is 0 Å². The molecule has 4 rings (SSSR count). The van der Waals surface area contributed by atoms with E-state index in [0.29, 0.717) is 11.4 Å². The lowest BCUT2D eigenvalue weighted by molar-refractivity contribution is -0.132. The molecule has 32 heavy (non-hydrogen) atoms. The Morgan fingerprint density at radius 1 is 0.969 bits per heavy atom. The van der Waals surface area contributed by atoms with Crippen LogP contribution in [0.1, 0.15) is 27.5 Å². The molecule has 2 amide bonds. The fourth-order valence-electron chi connectivity index (χ4n) is 3.83. The summed E-state index contributed by atoms with van der Waals surface area (Å²) in [6.07, 6.45) is 0.165. The molecule has 0 unspecified atom stereocenters. The molecule has 0 radical (unpaired) electrons. The Morgan fingerprint density at radius 2 is 1.62 bits per heavy atom. The summed E-state index contributed by atoms with van der Waals surface area (Å²) in [6, 6.07) is 21.5. The first kappa shape index (κ1) is 21.1. The maximum Gasteiger partial charge on any atom is 0.335 e.